The number of hydrogen-bond acceptors (Lipinski definition) is 7. The molecule has 0 amide bonds. The van der Waals surface area contributed by atoms with Gasteiger partial charge in [-0.15, -0.1) is 0 Å². The third kappa shape index (κ3) is 52.6. The minimum Gasteiger partial charge on any atom is -0.457 e. The van der Waals surface area contributed by atoms with Gasteiger partial charge in [-0.05, 0) is 70.6 Å². The summed E-state index contributed by atoms with van der Waals surface area (Å²) in [5, 5.41) is 0. The van der Waals surface area contributed by atoms with Crippen molar-refractivity contribution in [2.75, 3.05) is 33.0 Å². The van der Waals surface area contributed by atoms with Crippen LogP contribution in [0.15, 0.2) is 85.1 Å². The average Bonchev–Trinajstić information content (AvgIpc) is 3.31. The Morgan fingerprint density at radius 1 is 0.470 bits per heavy atom. The van der Waals surface area contributed by atoms with Crippen LogP contribution in [0.5, 0.6) is 0 Å². The Morgan fingerprint density at radius 3 is 1.24 bits per heavy atom. The van der Waals surface area contributed by atoms with E-state index in [-0.39, 0.29) is 32.3 Å². The highest BCUT2D eigenvalue weighted by Gasteiger charge is 2.25. The maximum atomic E-state index is 12.7. The van der Waals surface area contributed by atoms with Gasteiger partial charge in [-0.25, -0.2) is 4.57 Å². The number of phosphoric ester groups is 1. The molecule has 0 spiro atoms. The SMILES string of the molecule is CC/C=C\C/C=C\C/C=C\C/C=C\C/C=C\C/C=C\C/C=C\CCCCOCC(COP(=O)(O)OCCN)OC(=O)CCCCCCCCCCCCCCCCCCCCCCCCC. The van der Waals surface area contributed by atoms with Gasteiger partial charge in [0.25, 0.3) is 0 Å². The molecule has 0 fully saturated rings. The van der Waals surface area contributed by atoms with Gasteiger partial charge in [0, 0.05) is 19.6 Å². The molecule has 0 bridgehead atoms. The van der Waals surface area contributed by atoms with Crippen molar-refractivity contribution in [3.63, 3.8) is 0 Å². The molecule has 66 heavy (non-hydrogen) atoms. The van der Waals surface area contributed by atoms with Gasteiger partial charge in [-0.2, -0.15) is 0 Å². The van der Waals surface area contributed by atoms with Crippen molar-refractivity contribution in [1.29, 1.82) is 0 Å². The van der Waals surface area contributed by atoms with E-state index in [1.807, 2.05) is 0 Å². The number of carbonyl (C=O) groups excluding carboxylic acids is 1. The number of phosphoric acid groups is 1. The summed E-state index contributed by atoms with van der Waals surface area (Å²) in [5.74, 6) is -0.344. The second kappa shape index (κ2) is 53.6. The Kier molecular flexibility index (Phi) is 51.7. The minimum absolute atomic E-state index is 0.0839. The Morgan fingerprint density at radius 2 is 0.848 bits per heavy atom. The van der Waals surface area contributed by atoms with Crippen LogP contribution in [0.25, 0.3) is 0 Å². The lowest BCUT2D eigenvalue weighted by Gasteiger charge is -2.20. The number of allylic oxidation sites excluding steroid dienone is 14. The van der Waals surface area contributed by atoms with E-state index >= 15 is 0 Å². The topological polar surface area (TPSA) is 117 Å². The molecule has 0 saturated heterocycles. The van der Waals surface area contributed by atoms with Crippen LogP contribution in [0.3, 0.4) is 0 Å². The first-order valence-electron chi connectivity index (χ1n) is 27.1. The van der Waals surface area contributed by atoms with E-state index < -0.39 is 13.9 Å². The number of nitrogens with two attached hydrogens (primary N) is 1. The molecule has 9 heteroatoms. The van der Waals surface area contributed by atoms with E-state index in [0.29, 0.717) is 13.0 Å². The molecule has 0 rings (SSSR count). The zero-order chi connectivity index (χ0) is 48.0. The van der Waals surface area contributed by atoms with Gasteiger partial charge >= 0.3 is 13.8 Å². The summed E-state index contributed by atoms with van der Waals surface area (Å²) in [5.41, 5.74) is 5.39. The fourth-order valence-corrected chi connectivity index (χ4v) is 8.16. The molecule has 2 atom stereocenters. The summed E-state index contributed by atoms with van der Waals surface area (Å²) in [6.45, 7) is 4.71. The second-order valence-corrected chi connectivity index (χ2v) is 19.2. The summed E-state index contributed by atoms with van der Waals surface area (Å²) in [6.07, 6.45) is 70.6. The molecule has 2 unspecified atom stereocenters. The zero-order valence-corrected chi connectivity index (χ0v) is 43.6. The van der Waals surface area contributed by atoms with Crippen LogP contribution >= 0.6 is 7.82 Å². The molecule has 0 aliphatic heterocycles. The molecule has 0 aromatic carbocycles. The first-order chi connectivity index (χ1) is 32.4. The van der Waals surface area contributed by atoms with Gasteiger partial charge < -0.3 is 20.1 Å². The lowest BCUT2D eigenvalue weighted by Crippen LogP contribution is -2.28. The van der Waals surface area contributed by atoms with Crippen molar-refractivity contribution in [2.24, 2.45) is 5.73 Å². The molecule has 0 radical (unpaired) electrons. The number of ether oxygens (including phenoxy) is 2. The molecule has 3 N–H and O–H groups in total. The molecule has 0 aliphatic carbocycles. The third-order valence-corrected chi connectivity index (χ3v) is 12.3. The minimum atomic E-state index is -4.30. The van der Waals surface area contributed by atoms with Crippen molar-refractivity contribution in [3.05, 3.63) is 85.1 Å². The number of hydrogen-bond donors (Lipinski definition) is 2. The van der Waals surface area contributed by atoms with Crippen LogP contribution in [0.1, 0.15) is 232 Å². The van der Waals surface area contributed by atoms with E-state index in [1.54, 1.807) is 0 Å². The van der Waals surface area contributed by atoms with Crippen LogP contribution in [-0.2, 0) is 27.9 Å². The highest BCUT2D eigenvalue weighted by Crippen LogP contribution is 2.43. The van der Waals surface area contributed by atoms with E-state index in [1.165, 1.54) is 128 Å². The zero-order valence-electron chi connectivity index (χ0n) is 42.7. The summed E-state index contributed by atoms with van der Waals surface area (Å²) in [6, 6.07) is 0. The smallest absolute Gasteiger partial charge is 0.457 e. The monoisotopic (exact) mass is 944 g/mol. The normalized spacial score (nSPS) is 13.9. The van der Waals surface area contributed by atoms with Crippen LogP contribution in [0.2, 0.25) is 0 Å². The fraction of sp³-hybridized carbons (Fsp3) is 0.737. The van der Waals surface area contributed by atoms with E-state index in [9.17, 15) is 14.3 Å². The first kappa shape index (κ1) is 63.7. The lowest BCUT2D eigenvalue weighted by molar-refractivity contribution is -0.154. The van der Waals surface area contributed by atoms with Gasteiger partial charge in [-0.3, -0.25) is 13.8 Å². The second-order valence-electron chi connectivity index (χ2n) is 17.7. The highest BCUT2D eigenvalue weighted by atomic mass is 31.2. The maximum absolute atomic E-state index is 12.7. The molecule has 382 valence electrons. The van der Waals surface area contributed by atoms with E-state index in [4.69, 9.17) is 24.3 Å². The molecule has 0 saturated carbocycles. The molecular formula is C57H102NO7P. The van der Waals surface area contributed by atoms with Gasteiger partial charge in [0.1, 0.15) is 6.10 Å². The standard InChI is InChI=1S/C57H102NO7P/c1-3-5-7-9-11-13-15-17-19-21-23-25-27-29-31-33-35-37-39-41-43-45-47-49-52-62-54-56(55-64-66(60,61)63-53-51-58)65-57(59)50-48-46-44-42-40-38-36-34-32-30-28-26-24-22-20-18-16-14-12-10-8-6-4-2/h5,7,11,13,17,19,23,25,29,31,35,37,41,43,56H,3-4,6,8-10,12,14-16,18,20-22,24,26-28,30,32-34,36,38-40,42,44-55,58H2,1-2H3,(H,60,61)/b7-5-,13-11-,19-17-,25-23-,31-29-,37-35-,43-41-. The fourth-order valence-electron chi connectivity index (χ4n) is 7.39. The highest BCUT2D eigenvalue weighted by molar-refractivity contribution is 7.47. The van der Waals surface area contributed by atoms with Crippen molar-refractivity contribution in [3.8, 4) is 0 Å². The Labute approximate surface area is 407 Å². The van der Waals surface area contributed by atoms with Crippen LogP contribution < -0.4 is 5.73 Å². The molecule has 0 aromatic rings. The molecule has 8 nitrogen and oxygen atoms in total. The Bertz CT molecular complexity index is 1290. The quantitative estimate of drug-likeness (QED) is 0.0268. The summed E-state index contributed by atoms with van der Waals surface area (Å²) in [4.78, 5) is 22.6. The average molecular weight is 944 g/mol. The Balaban J connectivity index is 4.01. The van der Waals surface area contributed by atoms with E-state index in [0.717, 1.165) is 83.5 Å². The van der Waals surface area contributed by atoms with Gasteiger partial charge in [-0.1, -0.05) is 240 Å². The molecule has 0 aliphatic rings. The summed E-state index contributed by atoms with van der Waals surface area (Å²) >= 11 is 0. The van der Waals surface area contributed by atoms with Crippen molar-refractivity contribution in [2.45, 2.75) is 238 Å². The predicted molar refractivity (Wildman–Crippen MR) is 284 cm³/mol. The van der Waals surface area contributed by atoms with Gasteiger partial charge in [0.05, 0.1) is 19.8 Å². The summed E-state index contributed by atoms with van der Waals surface area (Å²) in [7, 11) is -4.30. The predicted octanol–water partition coefficient (Wildman–Crippen LogP) is 17.2. The number of unbranched alkanes of at least 4 members (excludes halogenated alkanes) is 24. The Hall–Kier alpha value is -2.32. The van der Waals surface area contributed by atoms with Crippen LogP contribution in [-0.4, -0.2) is 49.9 Å². The van der Waals surface area contributed by atoms with Gasteiger partial charge in [0.15, 0.2) is 0 Å². The van der Waals surface area contributed by atoms with Crippen molar-refractivity contribution < 1.29 is 32.8 Å². The van der Waals surface area contributed by atoms with Crippen LogP contribution in [0, 0.1) is 0 Å². The molecular weight excluding hydrogens is 842 g/mol. The number of carbonyl (C=O) groups is 1. The number of esters is 1. The lowest BCUT2D eigenvalue weighted by atomic mass is 10.0. The first-order valence-corrected chi connectivity index (χ1v) is 28.6. The van der Waals surface area contributed by atoms with E-state index in [2.05, 4.69) is 98.9 Å². The number of rotatable bonds is 51. The van der Waals surface area contributed by atoms with Crippen molar-refractivity contribution in [1.82, 2.24) is 0 Å². The summed E-state index contributed by atoms with van der Waals surface area (Å²) < 4.78 is 33.6. The maximum Gasteiger partial charge on any atom is 0.472 e. The van der Waals surface area contributed by atoms with Gasteiger partial charge in [0.2, 0.25) is 0 Å². The molecule has 0 aromatic heterocycles. The van der Waals surface area contributed by atoms with Crippen LogP contribution in [0.4, 0.5) is 0 Å². The van der Waals surface area contributed by atoms with Crippen molar-refractivity contribution >= 4 is 13.8 Å². The third-order valence-electron chi connectivity index (χ3n) is 11.3. The largest absolute Gasteiger partial charge is 0.472 e. The molecule has 0 heterocycles.